The van der Waals surface area contributed by atoms with E-state index in [4.69, 9.17) is 4.52 Å². The van der Waals surface area contributed by atoms with Crippen molar-refractivity contribution in [3.05, 3.63) is 65.6 Å². The molecule has 0 N–H and O–H groups in total. The van der Waals surface area contributed by atoms with E-state index < -0.39 is 17.5 Å². The molecule has 2 aromatic heterocycles. The second-order valence-electron chi connectivity index (χ2n) is 6.39. The first-order valence-corrected chi connectivity index (χ1v) is 8.45. The number of aromatic nitrogens is 5. The molecule has 0 aliphatic heterocycles. The van der Waals surface area contributed by atoms with Crippen LogP contribution < -0.4 is 0 Å². The van der Waals surface area contributed by atoms with Gasteiger partial charge < -0.3 is 4.52 Å². The van der Waals surface area contributed by atoms with Crippen LogP contribution in [0, 0.1) is 17.5 Å². The lowest BCUT2D eigenvalue weighted by Crippen LogP contribution is -2.06. The summed E-state index contributed by atoms with van der Waals surface area (Å²) in [5.74, 6) is -2.05. The minimum Gasteiger partial charge on any atom is -0.332 e. The molecule has 0 aliphatic carbocycles. The Morgan fingerprint density at radius 3 is 2.54 bits per heavy atom. The van der Waals surface area contributed by atoms with E-state index in [9.17, 15) is 13.2 Å². The SMILES string of the molecule is CC(C)c1c(-c2nc(-c3cc(F)ccc3F)no2)nnn1-c1ccccc1F. The predicted octanol–water partition coefficient (Wildman–Crippen LogP) is 4.53. The van der Waals surface area contributed by atoms with E-state index in [2.05, 4.69) is 20.5 Å². The molecule has 28 heavy (non-hydrogen) atoms. The van der Waals surface area contributed by atoms with Crippen molar-refractivity contribution in [1.29, 1.82) is 0 Å². The van der Waals surface area contributed by atoms with Crippen LogP contribution in [0.1, 0.15) is 25.5 Å². The van der Waals surface area contributed by atoms with Gasteiger partial charge in [-0.15, -0.1) is 5.10 Å². The number of hydrogen-bond acceptors (Lipinski definition) is 5. The number of hydrogen-bond donors (Lipinski definition) is 0. The zero-order valence-corrected chi connectivity index (χ0v) is 14.9. The molecule has 2 heterocycles. The Bertz CT molecular complexity index is 1150. The number of para-hydroxylation sites is 1. The van der Waals surface area contributed by atoms with Gasteiger partial charge in [0.25, 0.3) is 5.89 Å². The van der Waals surface area contributed by atoms with Gasteiger partial charge in [-0.1, -0.05) is 36.4 Å². The summed E-state index contributed by atoms with van der Waals surface area (Å²) in [6, 6.07) is 9.10. The fourth-order valence-electron chi connectivity index (χ4n) is 2.86. The standard InChI is InChI=1S/C19H14F3N5O/c1-10(2)17-16(24-26-27(17)15-6-4-3-5-14(15)22)19-23-18(25-28-19)12-9-11(20)7-8-13(12)21/h3-10H,1-2H3. The van der Waals surface area contributed by atoms with Gasteiger partial charge >= 0.3 is 0 Å². The van der Waals surface area contributed by atoms with Gasteiger partial charge in [0.15, 0.2) is 5.69 Å². The molecule has 0 amide bonds. The quantitative estimate of drug-likeness (QED) is 0.516. The number of benzene rings is 2. The minimum absolute atomic E-state index is 0.0232. The molecule has 0 radical (unpaired) electrons. The molecule has 0 unspecified atom stereocenters. The molecule has 0 aliphatic rings. The average Bonchev–Trinajstić information content (AvgIpc) is 3.31. The van der Waals surface area contributed by atoms with Crippen molar-refractivity contribution in [2.75, 3.05) is 0 Å². The Hall–Kier alpha value is -3.49. The maximum Gasteiger partial charge on any atom is 0.280 e. The molecule has 6 nitrogen and oxygen atoms in total. The summed E-state index contributed by atoms with van der Waals surface area (Å²) < 4.78 is 48.2. The van der Waals surface area contributed by atoms with Gasteiger partial charge in [0, 0.05) is 0 Å². The van der Waals surface area contributed by atoms with Gasteiger partial charge in [-0.05, 0) is 36.2 Å². The lowest BCUT2D eigenvalue weighted by molar-refractivity contribution is 0.430. The monoisotopic (exact) mass is 385 g/mol. The van der Waals surface area contributed by atoms with E-state index in [1.807, 2.05) is 13.8 Å². The molecular weight excluding hydrogens is 371 g/mol. The van der Waals surface area contributed by atoms with Gasteiger partial charge in [0.1, 0.15) is 23.1 Å². The highest BCUT2D eigenvalue weighted by molar-refractivity contribution is 5.60. The zero-order valence-electron chi connectivity index (χ0n) is 14.9. The molecule has 9 heteroatoms. The molecule has 142 valence electrons. The highest BCUT2D eigenvalue weighted by Gasteiger charge is 2.25. The van der Waals surface area contributed by atoms with Gasteiger partial charge in [-0.25, -0.2) is 17.9 Å². The summed E-state index contributed by atoms with van der Waals surface area (Å²) in [6.45, 7) is 3.76. The Balaban J connectivity index is 1.82. The smallest absolute Gasteiger partial charge is 0.280 e. The van der Waals surface area contributed by atoms with Crippen molar-refractivity contribution in [3.8, 4) is 28.7 Å². The zero-order chi connectivity index (χ0) is 19.8. The van der Waals surface area contributed by atoms with Crippen molar-refractivity contribution in [1.82, 2.24) is 25.1 Å². The molecule has 0 saturated heterocycles. The summed E-state index contributed by atoms with van der Waals surface area (Å²) in [5, 5.41) is 11.8. The van der Waals surface area contributed by atoms with E-state index in [0.717, 1.165) is 18.2 Å². The molecular formula is C19H14F3N5O. The third-order valence-electron chi connectivity index (χ3n) is 4.13. The molecule has 0 fully saturated rings. The molecule has 4 rings (SSSR count). The Morgan fingerprint density at radius 2 is 1.79 bits per heavy atom. The second kappa shape index (κ2) is 6.91. The van der Waals surface area contributed by atoms with Crippen LogP contribution in [0.2, 0.25) is 0 Å². The van der Waals surface area contributed by atoms with Crippen LogP contribution in [0.5, 0.6) is 0 Å². The van der Waals surface area contributed by atoms with E-state index in [0.29, 0.717) is 5.69 Å². The summed E-state index contributed by atoms with van der Waals surface area (Å²) in [7, 11) is 0. The molecule has 4 aromatic rings. The van der Waals surface area contributed by atoms with Crippen molar-refractivity contribution in [2.45, 2.75) is 19.8 Å². The third-order valence-corrected chi connectivity index (χ3v) is 4.13. The van der Waals surface area contributed by atoms with E-state index >= 15 is 0 Å². The molecule has 0 saturated carbocycles. The predicted molar refractivity (Wildman–Crippen MR) is 94.0 cm³/mol. The Kier molecular flexibility index (Phi) is 4.42. The lowest BCUT2D eigenvalue weighted by Gasteiger charge is -2.10. The highest BCUT2D eigenvalue weighted by Crippen LogP contribution is 2.30. The second-order valence-corrected chi connectivity index (χ2v) is 6.39. The maximum atomic E-state index is 14.2. The largest absolute Gasteiger partial charge is 0.332 e. The first-order chi connectivity index (χ1) is 13.5. The minimum atomic E-state index is -0.687. The van der Waals surface area contributed by atoms with Crippen LogP contribution in [0.15, 0.2) is 47.0 Å². The van der Waals surface area contributed by atoms with Gasteiger partial charge in [0.05, 0.1) is 11.3 Å². The van der Waals surface area contributed by atoms with Crippen LogP contribution in [-0.2, 0) is 0 Å². The summed E-state index contributed by atoms with van der Waals surface area (Å²) in [5.41, 5.74) is 0.872. The number of halogens is 3. The highest BCUT2D eigenvalue weighted by atomic mass is 19.1. The molecule has 2 aromatic carbocycles. The van der Waals surface area contributed by atoms with Gasteiger partial charge in [0.2, 0.25) is 5.82 Å². The lowest BCUT2D eigenvalue weighted by atomic mass is 10.1. The fraction of sp³-hybridized carbons (Fsp3) is 0.158. The summed E-state index contributed by atoms with van der Waals surface area (Å²) in [6.07, 6.45) is 0. The number of nitrogens with zero attached hydrogens (tertiary/aromatic N) is 5. The van der Waals surface area contributed by atoms with Crippen LogP contribution in [0.25, 0.3) is 28.7 Å². The van der Waals surface area contributed by atoms with Gasteiger partial charge in [-0.2, -0.15) is 4.98 Å². The molecule has 0 atom stereocenters. The average molecular weight is 385 g/mol. The van der Waals surface area contributed by atoms with Gasteiger partial charge in [-0.3, -0.25) is 0 Å². The van der Waals surface area contributed by atoms with Crippen molar-refractivity contribution in [3.63, 3.8) is 0 Å². The van der Waals surface area contributed by atoms with Crippen LogP contribution in [0.4, 0.5) is 13.2 Å². The third kappa shape index (κ3) is 3.04. The Morgan fingerprint density at radius 1 is 1.00 bits per heavy atom. The van der Waals surface area contributed by atoms with Crippen molar-refractivity contribution < 1.29 is 17.7 Å². The van der Waals surface area contributed by atoms with E-state index in [-0.39, 0.29) is 34.6 Å². The molecule has 0 bridgehead atoms. The van der Waals surface area contributed by atoms with Crippen LogP contribution >= 0.6 is 0 Å². The first-order valence-electron chi connectivity index (χ1n) is 8.45. The van der Waals surface area contributed by atoms with Crippen molar-refractivity contribution >= 4 is 0 Å². The normalized spacial score (nSPS) is 11.4. The van der Waals surface area contributed by atoms with Crippen molar-refractivity contribution in [2.24, 2.45) is 0 Å². The summed E-state index contributed by atoms with van der Waals surface area (Å²) >= 11 is 0. The Labute approximate surface area is 157 Å². The van der Waals surface area contributed by atoms with E-state index in [1.54, 1.807) is 18.2 Å². The number of rotatable bonds is 4. The fourth-order valence-corrected chi connectivity index (χ4v) is 2.86. The van der Waals surface area contributed by atoms with E-state index in [1.165, 1.54) is 10.7 Å². The molecule has 0 spiro atoms. The summed E-state index contributed by atoms with van der Waals surface area (Å²) in [4.78, 5) is 4.13. The maximum absolute atomic E-state index is 14.2. The van der Waals surface area contributed by atoms with Crippen LogP contribution in [-0.4, -0.2) is 25.1 Å². The first kappa shape index (κ1) is 17.9. The topological polar surface area (TPSA) is 69.6 Å². The van der Waals surface area contributed by atoms with Crippen LogP contribution in [0.3, 0.4) is 0 Å².